The molecule has 14 nitrogen and oxygen atoms in total. The Morgan fingerprint density at radius 3 is 2.24 bits per heavy atom. The number of esters is 1. The molecule has 0 radical (unpaired) electrons. The zero-order valence-electron chi connectivity index (χ0n) is 19.9. The number of benzene rings is 2. The largest absolute Gasteiger partial charge is 0.495 e. The number of aryl methyl sites for hydroxylation is 1. The first-order valence-corrected chi connectivity index (χ1v) is 12.4. The van der Waals surface area contributed by atoms with Gasteiger partial charge in [0.15, 0.2) is 6.61 Å². The fourth-order valence-corrected chi connectivity index (χ4v) is 5.51. The minimum atomic E-state index is -4.02. The summed E-state index contributed by atoms with van der Waals surface area (Å²) in [6, 6.07) is 7.24. The van der Waals surface area contributed by atoms with Gasteiger partial charge in [-0.15, -0.1) is 0 Å². The summed E-state index contributed by atoms with van der Waals surface area (Å²) in [6.07, 6.45) is 0.263. The topological polar surface area (TPSA) is 188 Å². The Balaban J connectivity index is 1.57. The number of anilines is 1. The molecule has 1 N–H and O–H groups in total. The summed E-state index contributed by atoms with van der Waals surface area (Å²) in [7, 11) is -2.70. The lowest BCUT2D eigenvalue weighted by Gasteiger charge is -2.30. The number of piperidine rings is 1. The molecule has 1 saturated heterocycles. The van der Waals surface area contributed by atoms with Gasteiger partial charge >= 0.3 is 5.97 Å². The van der Waals surface area contributed by atoms with Crippen LogP contribution in [0, 0.1) is 33.1 Å². The van der Waals surface area contributed by atoms with Crippen LogP contribution in [0.3, 0.4) is 0 Å². The second-order valence-corrected chi connectivity index (χ2v) is 10.1. The molecule has 3 rings (SSSR count). The minimum absolute atomic E-state index is 0.0126. The van der Waals surface area contributed by atoms with Gasteiger partial charge in [0.2, 0.25) is 10.0 Å². The quantitative estimate of drug-likeness (QED) is 0.283. The lowest BCUT2D eigenvalue weighted by molar-refractivity contribution is -0.385. The van der Waals surface area contributed by atoms with E-state index in [4.69, 9.17) is 9.47 Å². The highest BCUT2D eigenvalue weighted by atomic mass is 32.2. The molecule has 1 aliphatic rings. The van der Waals surface area contributed by atoms with Crippen molar-refractivity contribution in [2.24, 2.45) is 5.92 Å². The summed E-state index contributed by atoms with van der Waals surface area (Å²) in [5.41, 5.74) is -0.218. The van der Waals surface area contributed by atoms with Crippen molar-refractivity contribution in [3.8, 4) is 5.75 Å². The third kappa shape index (κ3) is 6.37. The number of carbonyl (C=O) groups excluding carboxylic acids is 2. The molecule has 0 atom stereocenters. The lowest BCUT2D eigenvalue weighted by Crippen LogP contribution is -2.41. The highest BCUT2D eigenvalue weighted by Crippen LogP contribution is 2.30. The summed E-state index contributed by atoms with van der Waals surface area (Å²) >= 11 is 0. The number of sulfonamides is 1. The van der Waals surface area contributed by atoms with Crippen molar-refractivity contribution in [1.29, 1.82) is 0 Å². The molecular weight excluding hydrogens is 512 g/mol. The summed E-state index contributed by atoms with van der Waals surface area (Å²) in [5.74, 6) is -1.91. The van der Waals surface area contributed by atoms with Gasteiger partial charge in [0, 0.05) is 37.4 Å². The standard InChI is InChI=1S/C22H24N4O10S/c1-14-3-4-17(26(31)32)12-20(14)37(33,34)24-9-7-15(8-10-24)22(28)36-13-21(27)23-18-11-16(25(29)30)5-6-19(18)35-2/h3-6,11-12,15H,7-10,13H2,1-2H3,(H,23,27). The van der Waals surface area contributed by atoms with Gasteiger partial charge in [0.05, 0.1) is 33.5 Å². The molecule has 0 bridgehead atoms. The van der Waals surface area contributed by atoms with Crippen LogP contribution in [-0.4, -0.2) is 61.3 Å². The van der Waals surface area contributed by atoms with Gasteiger partial charge in [0.25, 0.3) is 17.3 Å². The molecular formula is C22H24N4O10S. The van der Waals surface area contributed by atoms with Crippen molar-refractivity contribution < 1.29 is 37.3 Å². The molecule has 15 heteroatoms. The van der Waals surface area contributed by atoms with Gasteiger partial charge < -0.3 is 14.8 Å². The van der Waals surface area contributed by atoms with Crippen LogP contribution < -0.4 is 10.1 Å². The number of rotatable bonds is 9. The average Bonchev–Trinajstić information content (AvgIpc) is 2.87. The Kier molecular flexibility index (Phi) is 8.39. The van der Waals surface area contributed by atoms with Gasteiger partial charge in [-0.2, -0.15) is 4.31 Å². The number of hydrogen-bond acceptors (Lipinski definition) is 10. The number of nitro benzene ring substituents is 2. The summed E-state index contributed by atoms with van der Waals surface area (Å²) in [5, 5.41) is 24.4. The molecule has 0 aromatic heterocycles. The molecule has 1 amide bonds. The number of non-ortho nitro benzene ring substituents is 2. The average molecular weight is 537 g/mol. The maximum Gasteiger partial charge on any atom is 0.309 e. The van der Waals surface area contributed by atoms with E-state index >= 15 is 0 Å². The van der Waals surface area contributed by atoms with Crippen LogP contribution in [0.4, 0.5) is 17.1 Å². The van der Waals surface area contributed by atoms with Crippen molar-refractivity contribution in [3.63, 3.8) is 0 Å². The van der Waals surface area contributed by atoms with Crippen molar-refractivity contribution in [1.82, 2.24) is 4.31 Å². The van der Waals surface area contributed by atoms with E-state index in [0.29, 0.717) is 5.56 Å². The first-order chi connectivity index (χ1) is 17.4. The van der Waals surface area contributed by atoms with Crippen LogP contribution in [0.2, 0.25) is 0 Å². The van der Waals surface area contributed by atoms with Crippen LogP contribution in [0.25, 0.3) is 0 Å². The summed E-state index contributed by atoms with van der Waals surface area (Å²) in [4.78, 5) is 45.3. The SMILES string of the molecule is COc1ccc([N+](=O)[O-])cc1NC(=O)COC(=O)C1CCN(S(=O)(=O)c2cc([N+](=O)[O-])ccc2C)CC1. The second-order valence-electron chi connectivity index (χ2n) is 8.18. The van der Waals surface area contributed by atoms with E-state index in [2.05, 4.69) is 5.32 Å². The normalized spacial score (nSPS) is 14.5. The predicted octanol–water partition coefficient (Wildman–Crippen LogP) is 2.40. The van der Waals surface area contributed by atoms with E-state index in [1.165, 1.54) is 38.3 Å². The Bertz CT molecular complexity index is 1340. The van der Waals surface area contributed by atoms with Crippen LogP contribution in [-0.2, 0) is 24.3 Å². The molecule has 1 heterocycles. The Hall–Kier alpha value is -4.11. The molecule has 0 aliphatic carbocycles. The molecule has 0 saturated carbocycles. The van der Waals surface area contributed by atoms with Crippen molar-refractivity contribution in [2.75, 3.05) is 32.1 Å². The van der Waals surface area contributed by atoms with Gasteiger partial charge in [-0.3, -0.25) is 29.8 Å². The fourth-order valence-electron chi connectivity index (χ4n) is 3.80. The number of nitrogens with zero attached hydrogens (tertiary/aromatic N) is 3. The zero-order valence-corrected chi connectivity index (χ0v) is 20.7. The van der Waals surface area contributed by atoms with Gasteiger partial charge in [0.1, 0.15) is 5.75 Å². The second kappa shape index (κ2) is 11.3. The van der Waals surface area contributed by atoms with E-state index in [1.807, 2.05) is 0 Å². The van der Waals surface area contributed by atoms with Crippen molar-refractivity contribution in [2.45, 2.75) is 24.7 Å². The smallest absolute Gasteiger partial charge is 0.309 e. The summed E-state index contributed by atoms with van der Waals surface area (Å²) in [6.45, 7) is 0.855. The predicted molar refractivity (Wildman–Crippen MR) is 129 cm³/mol. The number of nitrogens with one attached hydrogen (secondary N) is 1. The number of nitro groups is 2. The minimum Gasteiger partial charge on any atom is -0.495 e. The van der Waals surface area contributed by atoms with Crippen LogP contribution >= 0.6 is 0 Å². The van der Waals surface area contributed by atoms with E-state index in [-0.39, 0.29) is 53.6 Å². The lowest BCUT2D eigenvalue weighted by atomic mass is 9.98. The monoisotopic (exact) mass is 536 g/mol. The van der Waals surface area contributed by atoms with Crippen molar-refractivity contribution >= 4 is 39.0 Å². The fraction of sp³-hybridized carbons (Fsp3) is 0.364. The summed E-state index contributed by atoms with van der Waals surface area (Å²) < 4.78 is 37.4. The zero-order chi connectivity index (χ0) is 27.3. The van der Waals surface area contributed by atoms with E-state index in [9.17, 15) is 38.2 Å². The molecule has 1 fully saturated rings. The molecule has 2 aromatic carbocycles. The molecule has 1 aliphatic heterocycles. The third-order valence-electron chi connectivity index (χ3n) is 5.80. The Morgan fingerprint density at radius 2 is 1.65 bits per heavy atom. The molecule has 0 spiro atoms. The maximum absolute atomic E-state index is 13.0. The van der Waals surface area contributed by atoms with Gasteiger partial charge in [-0.25, -0.2) is 8.42 Å². The number of amides is 1. The Morgan fingerprint density at radius 1 is 1.05 bits per heavy atom. The molecule has 198 valence electrons. The number of carbonyl (C=O) groups is 2. The van der Waals surface area contributed by atoms with Crippen LogP contribution in [0.15, 0.2) is 41.3 Å². The van der Waals surface area contributed by atoms with E-state index < -0.39 is 44.3 Å². The molecule has 37 heavy (non-hydrogen) atoms. The Labute approximate surface area is 211 Å². The third-order valence-corrected chi connectivity index (χ3v) is 7.84. The number of ether oxygens (including phenoxy) is 2. The number of methoxy groups -OCH3 is 1. The molecule has 2 aromatic rings. The number of hydrogen-bond donors (Lipinski definition) is 1. The van der Waals surface area contributed by atoms with Gasteiger partial charge in [-0.05, 0) is 31.4 Å². The van der Waals surface area contributed by atoms with Crippen molar-refractivity contribution in [3.05, 3.63) is 62.2 Å². The highest BCUT2D eigenvalue weighted by molar-refractivity contribution is 7.89. The van der Waals surface area contributed by atoms with Gasteiger partial charge in [-0.1, -0.05) is 6.07 Å². The van der Waals surface area contributed by atoms with Crippen LogP contribution in [0.5, 0.6) is 5.75 Å². The van der Waals surface area contributed by atoms with Crippen LogP contribution in [0.1, 0.15) is 18.4 Å². The highest BCUT2D eigenvalue weighted by Gasteiger charge is 2.34. The van der Waals surface area contributed by atoms with E-state index in [0.717, 1.165) is 16.4 Å². The maximum atomic E-state index is 13.0. The van der Waals surface area contributed by atoms with E-state index in [1.54, 1.807) is 0 Å². The first-order valence-electron chi connectivity index (χ1n) is 11.0. The first kappa shape index (κ1) is 27.5. The molecule has 0 unspecified atom stereocenters.